The molecule has 3 heterocycles. The molecule has 3 aliphatic heterocycles. The standard InChI is InChI=1S/C27H33ClN4O4/c1-13(2)18-10-14(3)6-9-21(18)36-27(35)30-12-20-16(5)23(30)24-25(33)32(26(34)31(20)24)19-8-7-17(11-29)22(28)15(19)4/h7-8,13-14,16,18,20-21,23-24H,6,9-10,12H2,1-5H3/t14-,16+,18-,20?,21+,23?,24+/m1/s1. The van der Waals surface area contributed by atoms with E-state index in [-0.39, 0.29) is 40.7 Å². The molecule has 4 aliphatic rings. The molecule has 2 unspecified atom stereocenters. The molecule has 0 aromatic heterocycles. The molecule has 1 saturated carbocycles. The van der Waals surface area contributed by atoms with Gasteiger partial charge < -0.3 is 14.5 Å². The third-order valence-corrected chi connectivity index (χ3v) is 9.40. The zero-order valence-corrected chi connectivity index (χ0v) is 22.2. The molecule has 4 amide bonds. The predicted octanol–water partition coefficient (Wildman–Crippen LogP) is 4.96. The summed E-state index contributed by atoms with van der Waals surface area (Å²) in [6.07, 6.45) is 2.43. The number of halogens is 1. The van der Waals surface area contributed by atoms with Crippen molar-refractivity contribution in [1.82, 2.24) is 9.80 Å². The predicted molar refractivity (Wildman–Crippen MR) is 134 cm³/mol. The highest BCUT2D eigenvalue weighted by Gasteiger charge is 2.66. The molecule has 1 aromatic rings. The first kappa shape index (κ1) is 24.9. The van der Waals surface area contributed by atoms with Gasteiger partial charge in [-0.1, -0.05) is 39.3 Å². The molecule has 0 N–H and O–H groups in total. The van der Waals surface area contributed by atoms with Gasteiger partial charge in [0.1, 0.15) is 18.2 Å². The summed E-state index contributed by atoms with van der Waals surface area (Å²) >= 11 is 6.33. The van der Waals surface area contributed by atoms with Gasteiger partial charge in [-0.2, -0.15) is 5.26 Å². The minimum Gasteiger partial charge on any atom is -0.446 e. The lowest BCUT2D eigenvalue weighted by atomic mass is 9.75. The summed E-state index contributed by atoms with van der Waals surface area (Å²) in [5.41, 5.74) is 1.17. The number of nitrogens with zero attached hydrogens (tertiary/aromatic N) is 4. The molecule has 4 fully saturated rings. The number of benzene rings is 1. The third kappa shape index (κ3) is 3.58. The number of imide groups is 1. The van der Waals surface area contributed by atoms with E-state index in [0.29, 0.717) is 35.5 Å². The number of hydrogen-bond donors (Lipinski definition) is 0. The van der Waals surface area contributed by atoms with Gasteiger partial charge in [-0.3, -0.25) is 4.79 Å². The maximum atomic E-state index is 13.7. The van der Waals surface area contributed by atoms with Crippen molar-refractivity contribution >= 4 is 35.3 Å². The van der Waals surface area contributed by atoms with Gasteiger partial charge in [0.05, 0.1) is 28.4 Å². The number of hydrogen-bond acceptors (Lipinski definition) is 5. The van der Waals surface area contributed by atoms with Crippen molar-refractivity contribution in [1.29, 1.82) is 5.26 Å². The second-order valence-electron chi connectivity index (χ2n) is 11.3. The van der Waals surface area contributed by atoms with Crippen molar-refractivity contribution in [2.45, 2.75) is 78.1 Å². The second-order valence-corrected chi connectivity index (χ2v) is 11.7. The maximum absolute atomic E-state index is 13.7. The van der Waals surface area contributed by atoms with Gasteiger partial charge in [-0.05, 0) is 61.6 Å². The number of rotatable bonds is 3. The Hall–Kier alpha value is -2.79. The van der Waals surface area contributed by atoms with Crippen LogP contribution in [0.1, 0.15) is 58.1 Å². The number of carbonyl (C=O) groups is 3. The van der Waals surface area contributed by atoms with Crippen LogP contribution in [0.5, 0.6) is 0 Å². The Morgan fingerprint density at radius 2 is 1.94 bits per heavy atom. The molecule has 0 radical (unpaired) electrons. The summed E-state index contributed by atoms with van der Waals surface area (Å²) in [6.45, 7) is 10.7. The van der Waals surface area contributed by atoms with Crippen LogP contribution in [0.15, 0.2) is 12.1 Å². The molecule has 2 bridgehead atoms. The molecule has 0 spiro atoms. The van der Waals surface area contributed by atoms with Gasteiger partial charge in [0.25, 0.3) is 5.91 Å². The van der Waals surface area contributed by atoms with Crippen LogP contribution in [0.4, 0.5) is 15.3 Å². The fraction of sp³-hybridized carbons (Fsp3) is 0.630. The van der Waals surface area contributed by atoms with Crippen molar-refractivity contribution < 1.29 is 19.1 Å². The zero-order valence-electron chi connectivity index (χ0n) is 21.4. The Morgan fingerprint density at radius 3 is 2.61 bits per heavy atom. The molecule has 7 atom stereocenters. The highest BCUT2D eigenvalue weighted by Crippen LogP contribution is 2.47. The fourth-order valence-electron chi connectivity index (χ4n) is 6.90. The molecule has 36 heavy (non-hydrogen) atoms. The van der Waals surface area contributed by atoms with Crippen molar-refractivity contribution in [3.63, 3.8) is 0 Å². The number of likely N-dealkylation sites (tertiary alicyclic amines) is 1. The number of carbonyl (C=O) groups excluding carboxylic acids is 3. The highest BCUT2D eigenvalue weighted by molar-refractivity contribution is 6.33. The van der Waals surface area contributed by atoms with E-state index in [0.717, 1.165) is 24.2 Å². The lowest BCUT2D eigenvalue weighted by Crippen LogP contribution is -2.55. The Kier molecular flexibility index (Phi) is 6.19. The Balaban J connectivity index is 1.38. The summed E-state index contributed by atoms with van der Waals surface area (Å²) in [5, 5.41) is 9.49. The first-order valence-corrected chi connectivity index (χ1v) is 13.3. The largest absolute Gasteiger partial charge is 0.446 e. The molecule has 5 rings (SSSR count). The molecular formula is C27H33ClN4O4. The molecule has 1 aromatic carbocycles. The smallest absolute Gasteiger partial charge is 0.410 e. The monoisotopic (exact) mass is 512 g/mol. The first-order chi connectivity index (χ1) is 17.1. The number of urea groups is 1. The number of fused-ring (bicyclic) bond motifs is 5. The molecule has 9 heteroatoms. The fourth-order valence-corrected chi connectivity index (χ4v) is 7.10. The van der Waals surface area contributed by atoms with Crippen LogP contribution in [0.25, 0.3) is 0 Å². The van der Waals surface area contributed by atoms with Crippen LogP contribution in [-0.4, -0.2) is 58.6 Å². The normalized spacial score (nSPS) is 33.4. The van der Waals surface area contributed by atoms with Gasteiger partial charge >= 0.3 is 12.1 Å². The van der Waals surface area contributed by atoms with Crippen LogP contribution >= 0.6 is 11.6 Å². The van der Waals surface area contributed by atoms with E-state index in [1.165, 1.54) is 6.07 Å². The summed E-state index contributed by atoms with van der Waals surface area (Å²) in [4.78, 5) is 45.0. The van der Waals surface area contributed by atoms with E-state index in [9.17, 15) is 19.6 Å². The van der Waals surface area contributed by atoms with Crippen LogP contribution in [0.2, 0.25) is 5.02 Å². The number of anilines is 1. The summed E-state index contributed by atoms with van der Waals surface area (Å²) in [7, 11) is 0. The molecule has 8 nitrogen and oxygen atoms in total. The minimum atomic E-state index is -0.750. The highest BCUT2D eigenvalue weighted by atomic mass is 35.5. The van der Waals surface area contributed by atoms with Crippen molar-refractivity contribution in [2.24, 2.45) is 23.7 Å². The Labute approximate surface area is 217 Å². The molecule has 192 valence electrons. The summed E-state index contributed by atoms with van der Waals surface area (Å²) in [6, 6.07) is 3.29. The van der Waals surface area contributed by atoms with Crippen LogP contribution in [-0.2, 0) is 9.53 Å². The van der Waals surface area contributed by atoms with E-state index in [2.05, 4.69) is 20.8 Å². The van der Waals surface area contributed by atoms with Gasteiger partial charge in [0.2, 0.25) is 0 Å². The number of nitriles is 1. The lowest BCUT2D eigenvalue weighted by Gasteiger charge is -2.39. The SMILES string of the molecule is Cc1c(N2C(=O)[C@@H]3C4[C@@H](C)C(CN4C(=O)O[C@H]4CC[C@@H](C)C[C@@H]4C(C)C)N3C2=O)ccc(C#N)c1Cl. The van der Waals surface area contributed by atoms with Crippen LogP contribution < -0.4 is 4.90 Å². The molecule has 3 saturated heterocycles. The number of piperazine rings is 1. The second kappa shape index (κ2) is 8.95. The minimum absolute atomic E-state index is 0.0319. The lowest BCUT2D eigenvalue weighted by molar-refractivity contribution is -0.121. The third-order valence-electron chi connectivity index (χ3n) is 8.91. The zero-order chi connectivity index (χ0) is 26.0. The first-order valence-electron chi connectivity index (χ1n) is 12.9. The topological polar surface area (TPSA) is 94.0 Å². The number of amides is 4. The van der Waals surface area contributed by atoms with Gasteiger partial charge in [0.15, 0.2) is 0 Å². The van der Waals surface area contributed by atoms with Gasteiger partial charge in [0, 0.05) is 12.5 Å². The van der Waals surface area contributed by atoms with Crippen molar-refractivity contribution in [3.8, 4) is 6.07 Å². The van der Waals surface area contributed by atoms with Crippen molar-refractivity contribution in [3.05, 3.63) is 28.3 Å². The summed E-state index contributed by atoms with van der Waals surface area (Å²) in [5.74, 6) is 0.958. The van der Waals surface area contributed by atoms with E-state index in [4.69, 9.17) is 16.3 Å². The van der Waals surface area contributed by atoms with E-state index in [1.807, 2.05) is 13.0 Å². The maximum Gasteiger partial charge on any atom is 0.410 e. The quantitative estimate of drug-likeness (QED) is 0.534. The average molecular weight is 513 g/mol. The van der Waals surface area contributed by atoms with Crippen LogP contribution in [0, 0.1) is 41.9 Å². The summed E-state index contributed by atoms with van der Waals surface area (Å²) < 4.78 is 6.09. The van der Waals surface area contributed by atoms with Crippen molar-refractivity contribution in [2.75, 3.05) is 11.4 Å². The molecule has 1 aliphatic carbocycles. The van der Waals surface area contributed by atoms with Crippen LogP contribution in [0.3, 0.4) is 0 Å². The van der Waals surface area contributed by atoms with Gasteiger partial charge in [-0.15, -0.1) is 0 Å². The molecular weight excluding hydrogens is 480 g/mol. The van der Waals surface area contributed by atoms with Gasteiger partial charge in [-0.25, -0.2) is 14.5 Å². The number of ether oxygens (including phenoxy) is 1. The average Bonchev–Trinajstić information content (AvgIpc) is 3.41. The Bertz CT molecular complexity index is 1160. The van der Waals surface area contributed by atoms with E-state index in [1.54, 1.807) is 22.8 Å². The van der Waals surface area contributed by atoms with E-state index < -0.39 is 18.1 Å². The Morgan fingerprint density at radius 1 is 1.22 bits per heavy atom. The van der Waals surface area contributed by atoms with E-state index >= 15 is 0 Å².